The van der Waals surface area contributed by atoms with Gasteiger partial charge in [-0.2, -0.15) is 0 Å². The molecule has 0 heterocycles. The van der Waals surface area contributed by atoms with E-state index in [4.69, 9.17) is 4.74 Å². The van der Waals surface area contributed by atoms with Crippen molar-refractivity contribution in [2.45, 2.75) is 156 Å². The molecule has 0 aliphatic heterocycles. The molecule has 0 aromatic carbocycles. The molecule has 0 unspecified atom stereocenters. The molecule has 0 aromatic heterocycles. The van der Waals surface area contributed by atoms with Crippen LogP contribution >= 0.6 is 0 Å². The van der Waals surface area contributed by atoms with Gasteiger partial charge in [0.15, 0.2) is 0 Å². The zero-order chi connectivity index (χ0) is 19.8. The lowest BCUT2D eigenvalue weighted by molar-refractivity contribution is 0.139. The van der Waals surface area contributed by atoms with Gasteiger partial charge in [0.1, 0.15) is 0 Å². The Morgan fingerprint density at radius 1 is 0.444 bits per heavy atom. The summed E-state index contributed by atoms with van der Waals surface area (Å²) >= 11 is 0. The van der Waals surface area contributed by atoms with Crippen LogP contribution in [-0.4, -0.2) is 6.61 Å². The highest BCUT2D eigenvalue weighted by molar-refractivity contribution is 4.66. The van der Waals surface area contributed by atoms with Crippen molar-refractivity contribution in [3.8, 4) is 0 Å². The van der Waals surface area contributed by atoms with Crippen LogP contribution < -0.4 is 0 Å². The summed E-state index contributed by atoms with van der Waals surface area (Å²) in [4.78, 5) is 0. The minimum atomic E-state index is 0.929. The molecular weight excluding hydrogens is 328 g/mol. The monoisotopic (exact) mass is 381 g/mol. The van der Waals surface area contributed by atoms with Crippen LogP contribution in [0.3, 0.4) is 0 Å². The van der Waals surface area contributed by atoms with E-state index in [2.05, 4.69) is 20.8 Å². The average Bonchev–Trinajstić information content (AvgIpc) is 2.68. The maximum Gasteiger partial charge on any atom is 0.0937 e. The highest BCUT2D eigenvalue weighted by Gasteiger charge is 1.99. The normalized spacial score (nSPS) is 11.6. The van der Waals surface area contributed by atoms with Gasteiger partial charge >= 0.3 is 0 Å². The lowest BCUT2D eigenvalue weighted by Crippen LogP contribution is -1.99. The summed E-state index contributed by atoms with van der Waals surface area (Å²) in [7, 11) is 0. The number of unbranched alkanes of at least 4 members (excludes halogenated alkanes) is 19. The predicted molar refractivity (Wildman–Crippen MR) is 123 cm³/mol. The molecule has 0 saturated heterocycles. The smallest absolute Gasteiger partial charge is 0.0937 e. The van der Waals surface area contributed by atoms with Gasteiger partial charge in [-0.15, -0.1) is 0 Å². The van der Waals surface area contributed by atoms with Crippen molar-refractivity contribution in [3.05, 3.63) is 6.10 Å². The Kier molecular flexibility index (Phi) is 24.0. The molecular formula is C26H53O. The van der Waals surface area contributed by atoms with Gasteiger partial charge in [-0.3, -0.25) is 0 Å². The highest BCUT2D eigenvalue weighted by atomic mass is 16.5. The van der Waals surface area contributed by atoms with Gasteiger partial charge in [0.2, 0.25) is 0 Å². The minimum Gasteiger partial charge on any atom is -0.372 e. The average molecular weight is 382 g/mol. The standard InChI is InChI=1S/C26H53O/c1-4-6-7-8-9-10-11-12-13-14-15-16-17-18-19-20-21-22-23-24-25-27-26(3)5-2/h4-25H2,1-3H3. The molecule has 0 aliphatic carbocycles. The molecule has 0 bridgehead atoms. The first-order valence-corrected chi connectivity index (χ1v) is 12.8. The van der Waals surface area contributed by atoms with E-state index in [9.17, 15) is 0 Å². The maximum absolute atomic E-state index is 5.64. The van der Waals surface area contributed by atoms with Crippen molar-refractivity contribution < 1.29 is 4.74 Å². The van der Waals surface area contributed by atoms with E-state index in [1.807, 2.05) is 0 Å². The molecule has 163 valence electrons. The second-order valence-corrected chi connectivity index (χ2v) is 8.62. The van der Waals surface area contributed by atoms with E-state index in [-0.39, 0.29) is 0 Å². The fraction of sp³-hybridized carbons (Fsp3) is 0.962. The summed E-state index contributed by atoms with van der Waals surface area (Å²) in [5, 5.41) is 0. The van der Waals surface area contributed by atoms with Crippen molar-refractivity contribution in [2.75, 3.05) is 6.61 Å². The van der Waals surface area contributed by atoms with Crippen LogP contribution in [-0.2, 0) is 4.74 Å². The van der Waals surface area contributed by atoms with Gasteiger partial charge < -0.3 is 4.74 Å². The summed E-state index contributed by atoms with van der Waals surface area (Å²) in [6.07, 6.45) is 31.0. The Balaban J connectivity index is 2.99. The number of hydrogen-bond acceptors (Lipinski definition) is 1. The van der Waals surface area contributed by atoms with Gasteiger partial charge in [-0.1, -0.05) is 136 Å². The van der Waals surface area contributed by atoms with Gasteiger partial charge in [0.05, 0.1) is 6.10 Å². The summed E-state index contributed by atoms with van der Waals surface area (Å²) in [6.45, 7) is 7.48. The lowest BCUT2D eigenvalue weighted by atomic mass is 10.0. The Hall–Kier alpha value is -0.0400. The van der Waals surface area contributed by atoms with Crippen LogP contribution in [0.25, 0.3) is 0 Å². The Morgan fingerprint density at radius 2 is 0.741 bits per heavy atom. The molecule has 0 spiro atoms. The van der Waals surface area contributed by atoms with Crippen molar-refractivity contribution >= 4 is 0 Å². The van der Waals surface area contributed by atoms with E-state index < -0.39 is 0 Å². The fourth-order valence-electron chi connectivity index (χ4n) is 3.71. The first-order valence-electron chi connectivity index (χ1n) is 12.8. The number of hydrogen-bond donors (Lipinski definition) is 0. The Morgan fingerprint density at radius 3 is 1.04 bits per heavy atom. The highest BCUT2D eigenvalue weighted by Crippen LogP contribution is 2.15. The molecule has 0 saturated carbocycles. The van der Waals surface area contributed by atoms with Crippen LogP contribution in [0.2, 0.25) is 0 Å². The molecule has 27 heavy (non-hydrogen) atoms. The quantitative estimate of drug-likeness (QED) is 0.160. The van der Waals surface area contributed by atoms with Gasteiger partial charge in [-0.25, -0.2) is 0 Å². The molecule has 1 radical (unpaired) electrons. The Labute approximate surface area is 173 Å². The third kappa shape index (κ3) is 23.9. The van der Waals surface area contributed by atoms with E-state index >= 15 is 0 Å². The predicted octanol–water partition coefficient (Wildman–Crippen LogP) is 9.79. The van der Waals surface area contributed by atoms with E-state index in [1.165, 1.54) is 135 Å². The molecule has 0 aliphatic rings. The Bertz CT molecular complexity index is 251. The van der Waals surface area contributed by atoms with Gasteiger partial charge in [0.25, 0.3) is 0 Å². The number of rotatable bonds is 23. The second-order valence-electron chi connectivity index (χ2n) is 8.62. The summed E-state index contributed by atoms with van der Waals surface area (Å²) in [5.74, 6) is 0. The van der Waals surface area contributed by atoms with Crippen molar-refractivity contribution in [1.29, 1.82) is 0 Å². The molecule has 0 amide bonds. The topological polar surface area (TPSA) is 9.23 Å². The molecule has 0 aromatic rings. The first kappa shape index (κ1) is 27.0. The van der Waals surface area contributed by atoms with E-state index in [1.54, 1.807) is 0 Å². The first-order chi connectivity index (χ1) is 13.3. The fourth-order valence-corrected chi connectivity index (χ4v) is 3.71. The van der Waals surface area contributed by atoms with Crippen LogP contribution in [0.1, 0.15) is 156 Å². The molecule has 1 heteroatoms. The zero-order valence-electron chi connectivity index (χ0n) is 19.5. The molecule has 1 nitrogen and oxygen atoms in total. The minimum absolute atomic E-state index is 0.929. The zero-order valence-corrected chi connectivity index (χ0v) is 19.5. The van der Waals surface area contributed by atoms with Crippen LogP contribution in [0, 0.1) is 6.10 Å². The molecule has 0 N–H and O–H groups in total. The maximum atomic E-state index is 5.64. The molecule has 0 atom stereocenters. The number of ether oxygens (including phenoxy) is 1. The third-order valence-electron chi connectivity index (χ3n) is 5.84. The summed E-state index contributed by atoms with van der Waals surface area (Å²) in [6, 6.07) is 0. The van der Waals surface area contributed by atoms with Crippen LogP contribution in [0.4, 0.5) is 0 Å². The van der Waals surface area contributed by atoms with Crippen molar-refractivity contribution in [1.82, 2.24) is 0 Å². The van der Waals surface area contributed by atoms with Crippen LogP contribution in [0.5, 0.6) is 0 Å². The van der Waals surface area contributed by atoms with Crippen LogP contribution in [0.15, 0.2) is 0 Å². The third-order valence-corrected chi connectivity index (χ3v) is 5.84. The van der Waals surface area contributed by atoms with Crippen molar-refractivity contribution in [3.63, 3.8) is 0 Å². The largest absolute Gasteiger partial charge is 0.372 e. The SMILES string of the molecule is CCCCCCCCCCCCCCCCCCCCCCO[C](C)CC. The van der Waals surface area contributed by atoms with Crippen molar-refractivity contribution in [2.24, 2.45) is 0 Å². The van der Waals surface area contributed by atoms with E-state index in [0.717, 1.165) is 13.0 Å². The molecule has 0 fully saturated rings. The summed E-state index contributed by atoms with van der Waals surface area (Å²) < 4.78 is 5.64. The van der Waals surface area contributed by atoms with Gasteiger partial charge in [-0.05, 0) is 19.8 Å². The summed E-state index contributed by atoms with van der Waals surface area (Å²) in [5.41, 5.74) is 0. The van der Waals surface area contributed by atoms with E-state index in [0.29, 0.717) is 0 Å². The second kappa shape index (κ2) is 24.0. The lowest BCUT2D eigenvalue weighted by Gasteiger charge is -2.08. The van der Waals surface area contributed by atoms with Gasteiger partial charge in [0, 0.05) is 6.61 Å². The molecule has 0 rings (SSSR count).